The van der Waals surface area contributed by atoms with Crippen molar-refractivity contribution in [1.82, 2.24) is 24.9 Å². The van der Waals surface area contributed by atoms with Crippen LogP contribution in [0.2, 0.25) is 0 Å². The molecule has 0 saturated carbocycles. The maximum Gasteiger partial charge on any atom is 0.269 e. The van der Waals surface area contributed by atoms with Crippen LogP contribution in [0.5, 0.6) is 0 Å². The van der Waals surface area contributed by atoms with Crippen LogP contribution in [0.3, 0.4) is 0 Å². The Bertz CT molecular complexity index is 786. The van der Waals surface area contributed by atoms with E-state index in [0.29, 0.717) is 23.3 Å². The highest BCUT2D eigenvalue weighted by atomic mass is 79.9. The molecule has 0 spiro atoms. The number of amides is 1. The van der Waals surface area contributed by atoms with Gasteiger partial charge in [0.15, 0.2) is 5.65 Å². The Morgan fingerprint density at radius 3 is 2.95 bits per heavy atom. The molecular formula is C14H12BrN5O. The Labute approximate surface area is 129 Å². The van der Waals surface area contributed by atoms with E-state index in [-0.39, 0.29) is 5.91 Å². The van der Waals surface area contributed by atoms with Gasteiger partial charge >= 0.3 is 0 Å². The second-order valence-corrected chi connectivity index (χ2v) is 5.21. The van der Waals surface area contributed by atoms with Crippen molar-refractivity contribution in [2.45, 2.75) is 6.42 Å². The fourth-order valence-corrected chi connectivity index (χ4v) is 2.32. The molecule has 0 aromatic carbocycles. The lowest BCUT2D eigenvalue weighted by Crippen LogP contribution is -2.27. The van der Waals surface area contributed by atoms with Crippen molar-refractivity contribution in [2.75, 3.05) is 6.54 Å². The monoisotopic (exact) mass is 345 g/mol. The van der Waals surface area contributed by atoms with Crippen LogP contribution in [0.4, 0.5) is 0 Å². The van der Waals surface area contributed by atoms with Crippen molar-refractivity contribution in [3.8, 4) is 0 Å². The number of hydrogen-bond donors (Lipinski definition) is 1. The molecule has 106 valence electrons. The number of aromatic nitrogens is 4. The minimum Gasteiger partial charge on any atom is -0.350 e. The van der Waals surface area contributed by atoms with E-state index >= 15 is 0 Å². The van der Waals surface area contributed by atoms with Gasteiger partial charge in [-0.1, -0.05) is 12.1 Å². The maximum atomic E-state index is 12.0. The normalized spacial score (nSPS) is 10.7. The number of rotatable bonds is 4. The van der Waals surface area contributed by atoms with Crippen molar-refractivity contribution in [3.05, 3.63) is 58.7 Å². The predicted molar refractivity (Wildman–Crippen MR) is 81.0 cm³/mol. The average Bonchev–Trinajstić information content (AvgIpc) is 2.91. The molecule has 3 heterocycles. The first-order chi connectivity index (χ1) is 10.2. The zero-order valence-corrected chi connectivity index (χ0v) is 12.6. The summed E-state index contributed by atoms with van der Waals surface area (Å²) in [7, 11) is 0. The van der Waals surface area contributed by atoms with Crippen molar-refractivity contribution in [3.63, 3.8) is 0 Å². The lowest BCUT2D eigenvalue weighted by molar-refractivity contribution is 0.0949. The third-order valence-corrected chi connectivity index (χ3v) is 3.41. The molecule has 21 heavy (non-hydrogen) atoms. The van der Waals surface area contributed by atoms with E-state index in [2.05, 4.69) is 36.4 Å². The zero-order chi connectivity index (χ0) is 14.7. The largest absolute Gasteiger partial charge is 0.350 e. The molecule has 3 aromatic heterocycles. The van der Waals surface area contributed by atoms with Gasteiger partial charge in [0, 0.05) is 19.2 Å². The van der Waals surface area contributed by atoms with Gasteiger partial charge in [-0.15, -0.1) is 10.2 Å². The summed E-state index contributed by atoms with van der Waals surface area (Å²) in [6, 6.07) is 10.9. The number of fused-ring (bicyclic) bond motifs is 1. The van der Waals surface area contributed by atoms with E-state index in [0.717, 1.165) is 11.5 Å². The predicted octanol–water partition coefficient (Wildman–Crippen LogP) is 1.86. The highest BCUT2D eigenvalue weighted by molar-refractivity contribution is 9.10. The molecule has 7 heteroatoms. The van der Waals surface area contributed by atoms with Gasteiger partial charge in [0.1, 0.15) is 16.1 Å². The van der Waals surface area contributed by atoms with Crippen LogP contribution in [-0.4, -0.2) is 32.0 Å². The summed E-state index contributed by atoms with van der Waals surface area (Å²) in [6.45, 7) is 0.475. The van der Waals surface area contributed by atoms with E-state index in [1.165, 1.54) is 0 Å². The van der Waals surface area contributed by atoms with Crippen LogP contribution in [0, 0.1) is 0 Å². The van der Waals surface area contributed by atoms with Crippen LogP contribution < -0.4 is 5.32 Å². The summed E-state index contributed by atoms with van der Waals surface area (Å²) >= 11 is 3.24. The van der Waals surface area contributed by atoms with E-state index in [1.54, 1.807) is 18.2 Å². The second kappa shape index (κ2) is 6.01. The van der Waals surface area contributed by atoms with E-state index < -0.39 is 0 Å². The Morgan fingerprint density at radius 1 is 1.19 bits per heavy atom. The highest BCUT2D eigenvalue weighted by Gasteiger charge is 2.08. The van der Waals surface area contributed by atoms with E-state index in [1.807, 2.05) is 28.8 Å². The summed E-state index contributed by atoms with van der Waals surface area (Å²) in [6.07, 6.45) is 2.51. The fourth-order valence-electron chi connectivity index (χ4n) is 1.97. The molecule has 0 aliphatic heterocycles. The summed E-state index contributed by atoms with van der Waals surface area (Å²) in [5, 5.41) is 11.0. The molecule has 6 nitrogen and oxygen atoms in total. The molecule has 0 unspecified atom stereocenters. The molecule has 3 rings (SSSR count). The van der Waals surface area contributed by atoms with Gasteiger partial charge in [0.25, 0.3) is 5.91 Å². The van der Waals surface area contributed by atoms with Gasteiger partial charge in [-0.2, -0.15) is 0 Å². The van der Waals surface area contributed by atoms with Crippen molar-refractivity contribution >= 4 is 27.5 Å². The number of nitrogens with one attached hydrogen (secondary N) is 1. The first-order valence-corrected chi connectivity index (χ1v) is 7.23. The number of pyridine rings is 2. The zero-order valence-electron chi connectivity index (χ0n) is 11.0. The molecule has 1 N–H and O–H groups in total. The molecule has 1 amide bonds. The van der Waals surface area contributed by atoms with Crippen molar-refractivity contribution < 1.29 is 4.79 Å². The van der Waals surface area contributed by atoms with E-state index in [9.17, 15) is 4.79 Å². The summed E-state index contributed by atoms with van der Waals surface area (Å²) in [5.74, 6) is 0.609. The highest BCUT2D eigenvalue weighted by Crippen LogP contribution is 2.06. The van der Waals surface area contributed by atoms with Crippen LogP contribution in [0.15, 0.2) is 47.2 Å². The van der Waals surface area contributed by atoms with Crippen molar-refractivity contribution in [2.24, 2.45) is 0 Å². The molecule has 0 fully saturated rings. The molecule has 3 aromatic rings. The SMILES string of the molecule is O=C(NCCc1nnc2ccccn12)c1cccc(Br)n1. The minimum atomic E-state index is -0.204. The number of halogens is 1. The molecule has 0 radical (unpaired) electrons. The topological polar surface area (TPSA) is 72.2 Å². The molecular weight excluding hydrogens is 334 g/mol. The molecule has 0 atom stereocenters. The minimum absolute atomic E-state index is 0.204. The van der Waals surface area contributed by atoms with Gasteiger partial charge in [0.2, 0.25) is 0 Å². The molecule has 0 aliphatic carbocycles. The molecule has 0 saturated heterocycles. The van der Waals surface area contributed by atoms with Crippen LogP contribution >= 0.6 is 15.9 Å². The molecule has 0 aliphatic rings. The van der Waals surface area contributed by atoms with Crippen molar-refractivity contribution in [1.29, 1.82) is 0 Å². The number of carbonyl (C=O) groups excluding carboxylic acids is 1. The Balaban J connectivity index is 1.62. The standard InChI is InChI=1S/C14H12BrN5O/c15-11-5-3-4-10(17-11)14(21)16-8-7-13-19-18-12-6-1-2-9-20(12)13/h1-6,9H,7-8H2,(H,16,21). The third kappa shape index (κ3) is 3.08. The van der Waals surface area contributed by atoms with Gasteiger partial charge in [-0.25, -0.2) is 4.98 Å². The Morgan fingerprint density at radius 2 is 2.10 bits per heavy atom. The van der Waals surface area contributed by atoms with Gasteiger partial charge < -0.3 is 5.32 Å². The van der Waals surface area contributed by atoms with E-state index in [4.69, 9.17) is 0 Å². The lowest BCUT2D eigenvalue weighted by atomic mass is 10.3. The first kappa shape index (κ1) is 13.7. The summed E-state index contributed by atoms with van der Waals surface area (Å²) in [4.78, 5) is 16.1. The number of nitrogens with zero attached hydrogens (tertiary/aromatic N) is 4. The second-order valence-electron chi connectivity index (χ2n) is 4.40. The first-order valence-electron chi connectivity index (χ1n) is 6.43. The van der Waals surface area contributed by atoms with Crippen LogP contribution in [0.1, 0.15) is 16.3 Å². The Kier molecular flexibility index (Phi) is 3.92. The number of carbonyl (C=O) groups is 1. The summed E-state index contributed by atoms with van der Waals surface area (Å²) in [5.41, 5.74) is 1.18. The van der Waals surface area contributed by atoms with Gasteiger partial charge in [0.05, 0.1) is 0 Å². The third-order valence-electron chi connectivity index (χ3n) is 2.97. The lowest BCUT2D eigenvalue weighted by Gasteiger charge is -2.04. The van der Waals surface area contributed by atoms with Gasteiger partial charge in [-0.05, 0) is 40.2 Å². The van der Waals surface area contributed by atoms with Crippen LogP contribution in [-0.2, 0) is 6.42 Å². The fraction of sp³-hybridized carbons (Fsp3) is 0.143. The smallest absolute Gasteiger partial charge is 0.269 e. The quantitative estimate of drug-likeness (QED) is 0.732. The summed E-state index contributed by atoms with van der Waals surface area (Å²) < 4.78 is 2.54. The van der Waals surface area contributed by atoms with Gasteiger partial charge in [-0.3, -0.25) is 9.20 Å². The number of hydrogen-bond acceptors (Lipinski definition) is 4. The molecule has 0 bridgehead atoms. The maximum absolute atomic E-state index is 12.0. The van der Waals surface area contributed by atoms with Crippen LogP contribution in [0.25, 0.3) is 5.65 Å². The average molecular weight is 346 g/mol. The Hall–Kier alpha value is -2.28.